The number of benzene rings is 3. The van der Waals surface area contributed by atoms with Gasteiger partial charge < -0.3 is 14.8 Å². The van der Waals surface area contributed by atoms with Crippen molar-refractivity contribution in [2.24, 2.45) is 0 Å². The highest BCUT2D eigenvalue weighted by Crippen LogP contribution is 2.34. The zero-order chi connectivity index (χ0) is 23.4. The van der Waals surface area contributed by atoms with Crippen LogP contribution in [0.5, 0.6) is 0 Å². The second-order valence-electron chi connectivity index (χ2n) is 8.28. The third-order valence-electron chi connectivity index (χ3n) is 5.57. The van der Waals surface area contributed by atoms with E-state index < -0.39 is 0 Å². The average molecular weight is 434 g/mol. The Labute approximate surface area is 195 Å². The summed E-state index contributed by atoms with van der Waals surface area (Å²) < 4.78 is 0. The number of H-pyrrole nitrogens is 1. The molecule has 0 amide bonds. The fourth-order valence-corrected chi connectivity index (χ4v) is 3.66. The van der Waals surface area contributed by atoms with Crippen LogP contribution in [0.1, 0.15) is 5.56 Å². The van der Waals surface area contributed by atoms with Crippen molar-refractivity contribution >= 4 is 17.5 Å². The first-order chi connectivity index (χ1) is 16.0. The number of allylic oxidation sites excluding steroid dienone is 1. The molecule has 5 heteroatoms. The smallest absolute Gasteiger partial charge is 0.138 e. The molecule has 0 spiro atoms. The minimum absolute atomic E-state index is 0.809. The fraction of sp³-hybridized carbons (Fsp3) is 0.143. The van der Waals surface area contributed by atoms with Gasteiger partial charge in [0.2, 0.25) is 0 Å². The summed E-state index contributed by atoms with van der Waals surface area (Å²) in [6.07, 6.45) is 3.27. The maximum Gasteiger partial charge on any atom is 0.138 e. The molecule has 1 N–H and O–H groups in total. The summed E-state index contributed by atoms with van der Waals surface area (Å²) in [6, 6.07) is 27.0. The van der Waals surface area contributed by atoms with Crippen LogP contribution in [0.3, 0.4) is 0 Å². The maximum atomic E-state index is 8.75. The van der Waals surface area contributed by atoms with Gasteiger partial charge in [-0.25, -0.2) is 4.98 Å². The van der Waals surface area contributed by atoms with Crippen LogP contribution in [0.2, 0.25) is 0 Å². The predicted octanol–water partition coefficient (Wildman–Crippen LogP) is 6.08. The van der Waals surface area contributed by atoms with E-state index in [1.807, 2.05) is 58.5 Å². The lowest BCUT2D eigenvalue weighted by atomic mass is 10.0. The zero-order valence-electron chi connectivity index (χ0n) is 19.4. The second kappa shape index (κ2) is 9.46. The van der Waals surface area contributed by atoms with Crippen LogP contribution in [-0.2, 0) is 0 Å². The van der Waals surface area contributed by atoms with E-state index in [1.54, 1.807) is 6.08 Å². The van der Waals surface area contributed by atoms with Crippen molar-refractivity contribution in [1.82, 2.24) is 9.97 Å². The van der Waals surface area contributed by atoms with Crippen LogP contribution in [-0.4, -0.2) is 38.2 Å². The van der Waals surface area contributed by atoms with Gasteiger partial charge in [0.05, 0.1) is 17.5 Å². The topological polar surface area (TPSA) is 59.0 Å². The highest BCUT2D eigenvalue weighted by Gasteiger charge is 2.16. The van der Waals surface area contributed by atoms with E-state index >= 15 is 0 Å². The number of hydrogen-bond acceptors (Lipinski definition) is 4. The number of hydrogen-bond donors (Lipinski definition) is 1. The Balaban J connectivity index is 1.79. The van der Waals surface area contributed by atoms with Crippen molar-refractivity contribution in [1.29, 1.82) is 5.26 Å². The molecular formula is C28H27N5. The summed E-state index contributed by atoms with van der Waals surface area (Å²) in [5.41, 5.74) is 8.31. The van der Waals surface area contributed by atoms with Crippen LogP contribution < -0.4 is 9.80 Å². The number of nitriles is 1. The van der Waals surface area contributed by atoms with E-state index in [2.05, 4.69) is 63.3 Å². The third kappa shape index (κ3) is 4.81. The molecule has 0 unspecified atom stereocenters. The second-order valence-corrected chi connectivity index (χ2v) is 8.28. The predicted molar refractivity (Wildman–Crippen MR) is 138 cm³/mol. The summed E-state index contributed by atoms with van der Waals surface area (Å²) in [4.78, 5) is 12.7. The van der Waals surface area contributed by atoms with Crippen LogP contribution in [0, 0.1) is 11.3 Å². The van der Waals surface area contributed by atoms with Gasteiger partial charge >= 0.3 is 0 Å². The first-order valence-electron chi connectivity index (χ1n) is 10.8. The fourth-order valence-electron chi connectivity index (χ4n) is 3.66. The Morgan fingerprint density at radius 3 is 1.76 bits per heavy atom. The standard InChI is InChI=1S/C28H27N5/c1-32(2)24-15-11-21(12-16-24)26-27(22-13-17-25(18-14-22)33(3)4)31-28(30-26)23-9-7-20(8-10-23)6-5-19-29/h5-18H,1-4H3,(H,30,31)/b6-5+. The van der Waals surface area contributed by atoms with Crippen molar-refractivity contribution < 1.29 is 0 Å². The number of aromatic nitrogens is 2. The minimum atomic E-state index is 0.809. The number of nitrogens with one attached hydrogen (secondary N) is 1. The van der Waals surface area contributed by atoms with Crippen LogP contribution >= 0.6 is 0 Å². The van der Waals surface area contributed by atoms with E-state index in [4.69, 9.17) is 10.2 Å². The van der Waals surface area contributed by atoms with Crippen molar-refractivity contribution in [2.45, 2.75) is 0 Å². The Morgan fingerprint density at radius 2 is 1.24 bits per heavy atom. The molecule has 0 bridgehead atoms. The number of rotatable bonds is 6. The van der Waals surface area contributed by atoms with Gasteiger partial charge in [0.15, 0.2) is 0 Å². The van der Waals surface area contributed by atoms with Gasteiger partial charge in [-0.05, 0) is 35.9 Å². The van der Waals surface area contributed by atoms with Gasteiger partial charge in [0, 0.05) is 62.3 Å². The lowest BCUT2D eigenvalue weighted by molar-refractivity contribution is 1.13. The Bertz CT molecular complexity index is 1220. The molecule has 164 valence electrons. The van der Waals surface area contributed by atoms with E-state index in [9.17, 15) is 0 Å². The van der Waals surface area contributed by atoms with E-state index in [0.717, 1.165) is 50.8 Å². The van der Waals surface area contributed by atoms with Crippen molar-refractivity contribution in [2.75, 3.05) is 38.0 Å². The highest BCUT2D eigenvalue weighted by atomic mass is 15.1. The molecule has 3 aromatic carbocycles. The number of imidazole rings is 1. The molecule has 0 saturated carbocycles. The molecule has 0 radical (unpaired) electrons. The summed E-state index contributed by atoms with van der Waals surface area (Å²) in [6.45, 7) is 0. The Kier molecular flexibility index (Phi) is 6.28. The van der Waals surface area contributed by atoms with Gasteiger partial charge in [0.1, 0.15) is 5.82 Å². The SMILES string of the molecule is CN(C)c1ccc(-c2nc(-c3ccc(/C=C/C#N)cc3)[nH]c2-c2ccc(N(C)C)cc2)cc1. The summed E-state index contributed by atoms with van der Waals surface area (Å²) in [5.74, 6) is 0.809. The Morgan fingerprint density at radius 1 is 0.727 bits per heavy atom. The molecule has 4 aromatic rings. The first-order valence-corrected chi connectivity index (χ1v) is 10.8. The molecule has 1 aromatic heterocycles. The molecule has 1 heterocycles. The van der Waals surface area contributed by atoms with Gasteiger partial charge in [-0.3, -0.25) is 0 Å². The molecule has 0 fully saturated rings. The van der Waals surface area contributed by atoms with E-state index in [1.165, 1.54) is 6.08 Å². The third-order valence-corrected chi connectivity index (χ3v) is 5.57. The van der Waals surface area contributed by atoms with Gasteiger partial charge in [0.25, 0.3) is 0 Å². The lowest BCUT2D eigenvalue weighted by Crippen LogP contribution is -2.08. The maximum absolute atomic E-state index is 8.75. The van der Waals surface area contributed by atoms with Gasteiger partial charge in [-0.1, -0.05) is 48.5 Å². The number of nitrogens with zero attached hydrogens (tertiary/aromatic N) is 4. The molecule has 0 atom stereocenters. The highest BCUT2D eigenvalue weighted by molar-refractivity contribution is 5.82. The molecule has 33 heavy (non-hydrogen) atoms. The van der Waals surface area contributed by atoms with E-state index in [0.29, 0.717) is 0 Å². The first kappa shape index (κ1) is 21.9. The number of anilines is 2. The molecule has 0 aliphatic heterocycles. The molecule has 0 saturated heterocycles. The molecule has 0 aliphatic rings. The quantitative estimate of drug-likeness (QED) is 0.374. The molecule has 0 aliphatic carbocycles. The van der Waals surface area contributed by atoms with Crippen LogP contribution in [0.15, 0.2) is 78.9 Å². The molecule has 5 nitrogen and oxygen atoms in total. The van der Waals surface area contributed by atoms with Crippen molar-refractivity contribution in [3.8, 4) is 40.0 Å². The molecular weight excluding hydrogens is 406 g/mol. The zero-order valence-corrected chi connectivity index (χ0v) is 19.4. The van der Waals surface area contributed by atoms with E-state index in [-0.39, 0.29) is 0 Å². The Hall–Kier alpha value is -4.30. The van der Waals surface area contributed by atoms with Gasteiger partial charge in [-0.2, -0.15) is 5.26 Å². The van der Waals surface area contributed by atoms with Crippen LogP contribution in [0.25, 0.3) is 40.0 Å². The van der Waals surface area contributed by atoms with Crippen molar-refractivity contribution in [3.05, 3.63) is 84.4 Å². The van der Waals surface area contributed by atoms with Gasteiger partial charge in [-0.15, -0.1) is 0 Å². The largest absolute Gasteiger partial charge is 0.378 e. The van der Waals surface area contributed by atoms with Crippen LogP contribution in [0.4, 0.5) is 11.4 Å². The van der Waals surface area contributed by atoms with Crippen molar-refractivity contribution in [3.63, 3.8) is 0 Å². The average Bonchev–Trinajstić information content (AvgIpc) is 3.28. The summed E-state index contributed by atoms with van der Waals surface area (Å²) in [5, 5.41) is 8.75. The monoisotopic (exact) mass is 433 g/mol. The summed E-state index contributed by atoms with van der Waals surface area (Å²) in [7, 11) is 8.15. The lowest BCUT2D eigenvalue weighted by Gasteiger charge is -2.13. The summed E-state index contributed by atoms with van der Waals surface area (Å²) >= 11 is 0. The normalized spacial score (nSPS) is 10.9. The molecule has 4 rings (SSSR count). The minimum Gasteiger partial charge on any atom is -0.378 e. The number of aromatic amines is 1.